The fourth-order valence-electron chi connectivity index (χ4n) is 1.09. The van der Waals surface area contributed by atoms with Gasteiger partial charge >= 0.3 is 0 Å². The standard InChI is InChI=1S/C10H20O4/c1-2-10(13,5-3-4-6-11)9-14-8-7-12/h2,11-13H,1,3-9H2. The van der Waals surface area contributed by atoms with Crippen molar-refractivity contribution in [3.8, 4) is 0 Å². The topological polar surface area (TPSA) is 69.9 Å². The lowest BCUT2D eigenvalue weighted by Crippen LogP contribution is -2.32. The van der Waals surface area contributed by atoms with E-state index >= 15 is 0 Å². The number of aliphatic hydroxyl groups excluding tert-OH is 2. The van der Waals surface area contributed by atoms with Crippen molar-refractivity contribution in [1.82, 2.24) is 0 Å². The van der Waals surface area contributed by atoms with Gasteiger partial charge in [0.25, 0.3) is 0 Å². The maximum atomic E-state index is 9.87. The number of hydrogen-bond donors (Lipinski definition) is 3. The molecule has 14 heavy (non-hydrogen) atoms. The molecule has 3 N–H and O–H groups in total. The van der Waals surface area contributed by atoms with E-state index in [0.29, 0.717) is 12.8 Å². The molecule has 0 aliphatic rings. The monoisotopic (exact) mass is 204 g/mol. The third-order valence-corrected chi connectivity index (χ3v) is 1.99. The van der Waals surface area contributed by atoms with Gasteiger partial charge in [-0.1, -0.05) is 6.08 Å². The molecule has 4 nitrogen and oxygen atoms in total. The molecule has 0 saturated heterocycles. The molecule has 0 fully saturated rings. The summed E-state index contributed by atoms with van der Waals surface area (Å²) >= 11 is 0. The first-order chi connectivity index (χ1) is 6.68. The van der Waals surface area contributed by atoms with Gasteiger partial charge in [-0.05, 0) is 19.3 Å². The first kappa shape index (κ1) is 13.6. The predicted molar refractivity (Wildman–Crippen MR) is 54.0 cm³/mol. The number of aliphatic hydroxyl groups is 3. The molecule has 1 atom stereocenters. The Hall–Kier alpha value is -0.420. The van der Waals surface area contributed by atoms with Crippen molar-refractivity contribution in [2.45, 2.75) is 24.9 Å². The molecule has 84 valence electrons. The highest BCUT2D eigenvalue weighted by atomic mass is 16.5. The molecule has 0 heterocycles. The summed E-state index contributed by atoms with van der Waals surface area (Å²) in [6.45, 7) is 3.97. The molecule has 0 saturated carbocycles. The Balaban J connectivity index is 3.73. The van der Waals surface area contributed by atoms with Gasteiger partial charge in [0.2, 0.25) is 0 Å². The highest BCUT2D eigenvalue weighted by Gasteiger charge is 2.22. The number of ether oxygens (including phenoxy) is 1. The summed E-state index contributed by atoms with van der Waals surface area (Å²) < 4.78 is 5.04. The summed E-state index contributed by atoms with van der Waals surface area (Å²) in [5.74, 6) is 0. The van der Waals surface area contributed by atoms with Crippen LogP contribution in [0.15, 0.2) is 12.7 Å². The highest BCUT2D eigenvalue weighted by molar-refractivity contribution is 4.95. The molecule has 0 aliphatic carbocycles. The van der Waals surface area contributed by atoms with E-state index in [9.17, 15) is 5.11 Å². The highest BCUT2D eigenvalue weighted by Crippen LogP contribution is 2.15. The Morgan fingerprint density at radius 3 is 2.43 bits per heavy atom. The van der Waals surface area contributed by atoms with Crippen molar-refractivity contribution in [2.75, 3.05) is 26.4 Å². The predicted octanol–water partition coefficient (Wildman–Crippen LogP) is 0.0750. The Morgan fingerprint density at radius 2 is 1.93 bits per heavy atom. The molecule has 0 aromatic carbocycles. The fraction of sp³-hybridized carbons (Fsp3) is 0.800. The lowest BCUT2D eigenvalue weighted by Gasteiger charge is -2.23. The van der Waals surface area contributed by atoms with Crippen LogP contribution in [0.4, 0.5) is 0 Å². The molecule has 0 bridgehead atoms. The number of hydrogen-bond acceptors (Lipinski definition) is 4. The van der Waals surface area contributed by atoms with Gasteiger partial charge in [-0.15, -0.1) is 6.58 Å². The second-order valence-electron chi connectivity index (χ2n) is 3.26. The quantitative estimate of drug-likeness (QED) is 0.367. The van der Waals surface area contributed by atoms with E-state index in [1.807, 2.05) is 0 Å². The van der Waals surface area contributed by atoms with E-state index in [4.69, 9.17) is 14.9 Å². The van der Waals surface area contributed by atoms with Crippen LogP contribution in [0.5, 0.6) is 0 Å². The summed E-state index contributed by atoms with van der Waals surface area (Å²) in [7, 11) is 0. The number of unbranched alkanes of at least 4 members (excludes halogenated alkanes) is 1. The Morgan fingerprint density at radius 1 is 1.21 bits per heavy atom. The van der Waals surface area contributed by atoms with Crippen molar-refractivity contribution in [3.63, 3.8) is 0 Å². The van der Waals surface area contributed by atoms with Crippen molar-refractivity contribution in [3.05, 3.63) is 12.7 Å². The van der Waals surface area contributed by atoms with Crippen LogP contribution in [0, 0.1) is 0 Å². The van der Waals surface area contributed by atoms with Crippen LogP contribution in [0.2, 0.25) is 0 Å². The summed E-state index contributed by atoms with van der Waals surface area (Å²) in [5.41, 5.74) is -1.04. The molecule has 0 aromatic rings. The molecule has 0 spiro atoms. The summed E-state index contributed by atoms with van der Waals surface area (Å²) in [6.07, 6.45) is 3.35. The first-order valence-electron chi connectivity index (χ1n) is 4.84. The van der Waals surface area contributed by atoms with E-state index < -0.39 is 5.60 Å². The smallest absolute Gasteiger partial charge is 0.106 e. The lowest BCUT2D eigenvalue weighted by molar-refractivity contribution is -0.0281. The zero-order valence-electron chi connectivity index (χ0n) is 8.48. The van der Waals surface area contributed by atoms with Crippen molar-refractivity contribution >= 4 is 0 Å². The maximum Gasteiger partial charge on any atom is 0.106 e. The largest absolute Gasteiger partial charge is 0.396 e. The minimum Gasteiger partial charge on any atom is -0.396 e. The average Bonchev–Trinajstić information content (AvgIpc) is 2.19. The summed E-state index contributed by atoms with van der Waals surface area (Å²) in [5, 5.41) is 26.9. The van der Waals surface area contributed by atoms with Gasteiger partial charge in [-0.25, -0.2) is 0 Å². The molecular weight excluding hydrogens is 184 g/mol. The van der Waals surface area contributed by atoms with Gasteiger partial charge in [-0.2, -0.15) is 0 Å². The van der Waals surface area contributed by atoms with Crippen molar-refractivity contribution < 1.29 is 20.1 Å². The molecule has 4 heteroatoms. The third kappa shape index (κ3) is 6.10. The fourth-order valence-corrected chi connectivity index (χ4v) is 1.09. The van der Waals surface area contributed by atoms with Crippen LogP contribution in [0.25, 0.3) is 0 Å². The van der Waals surface area contributed by atoms with Gasteiger partial charge in [0, 0.05) is 6.61 Å². The van der Waals surface area contributed by atoms with E-state index in [1.54, 1.807) is 0 Å². The summed E-state index contributed by atoms with van der Waals surface area (Å²) in [4.78, 5) is 0. The third-order valence-electron chi connectivity index (χ3n) is 1.99. The Labute approximate surface area is 84.8 Å². The minimum atomic E-state index is -1.04. The van der Waals surface area contributed by atoms with Gasteiger partial charge < -0.3 is 20.1 Å². The van der Waals surface area contributed by atoms with Crippen LogP contribution in [0.1, 0.15) is 19.3 Å². The second-order valence-corrected chi connectivity index (χ2v) is 3.26. The van der Waals surface area contributed by atoms with Gasteiger partial charge in [-0.3, -0.25) is 0 Å². The molecule has 0 aromatic heterocycles. The maximum absolute atomic E-state index is 9.87. The molecule has 1 unspecified atom stereocenters. The van der Waals surface area contributed by atoms with Gasteiger partial charge in [0.05, 0.1) is 19.8 Å². The summed E-state index contributed by atoms with van der Waals surface area (Å²) in [6, 6.07) is 0. The average molecular weight is 204 g/mol. The second kappa shape index (κ2) is 7.94. The van der Waals surface area contributed by atoms with Crippen molar-refractivity contribution in [2.24, 2.45) is 0 Å². The van der Waals surface area contributed by atoms with E-state index in [-0.39, 0.29) is 26.4 Å². The van der Waals surface area contributed by atoms with Crippen LogP contribution in [-0.4, -0.2) is 47.3 Å². The molecular formula is C10H20O4. The normalized spacial score (nSPS) is 15.1. The van der Waals surface area contributed by atoms with Gasteiger partial charge in [0.15, 0.2) is 0 Å². The van der Waals surface area contributed by atoms with Crippen LogP contribution < -0.4 is 0 Å². The van der Waals surface area contributed by atoms with Crippen molar-refractivity contribution in [1.29, 1.82) is 0 Å². The SMILES string of the molecule is C=CC(O)(CCCCO)COCCO. The van der Waals surface area contributed by atoms with Crippen LogP contribution in [-0.2, 0) is 4.74 Å². The molecule has 0 amide bonds. The van der Waals surface area contributed by atoms with E-state index in [2.05, 4.69) is 6.58 Å². The Kier molecular flexibility index (Phi) is 7.70. The van der Waals surface area contributed by atoms with E-state index in [0.717, 1.165) is 6.42 Å². The first-order valence-corrected chi connectivity index (χ1v) is 4.84. The zero-order chi connectivity index (χ0) is 10.9. The molecule has 0 rings (SSSR count). The zero-order valence-corrected chi connectivity index (χ0v) is 8.48. The molecule has 0 radical (unpaired) electrons. The minimum absolute atomic E-state index is 0.0517. The van der Waals surface area contributed by atoms with Crippen LogP contribution in [0.3, 0.4) is 0 Å². The van der Waals surface area contributed by atoms with E-state index in [1.165, 1.54) is 6.08 Å². The number of rotatable bonds is 9. The molecule has 0 aliphatic heterocycles. The van der Waals surface area contributed by atoms with Crippen LogP contribution >= 0.6 is 0 Å². The lowest BCUT2D eigenvalue weighted by atomic mass is 9.98. The Bertz CT molecular complexity index is 137. The van der Waals surface area contributed by atoms with Gasteiger partial charge in [0.1, 0.15) is 5.60 Å².